The van der Waals surface area contributed by atoms with Gasteiger partial charge in [0.1, 0.15) is 0 Å². The van der Waals surface area contributed by atoms with E-state index in [1.807, 2.05) is 0 Å². The second-order valence-electron chi connectivity index (χ2n) is 8.68. The van der Waals surface area contributed by atoms with Crippen molar-refractivity contribution >= 4 is 11.6 Å². The quantitative estimate of drug-likeness (QED) is 0.755. The molecule has 5 aliphatic rings. The average Bonchev–Trinajstić information content (AvgIpc) is 2.52. The van der Waals surface area contributed by atoms with Gasteiger partial charge in [0.25, 0.3) is 0 Å². The van der Waals surface area contributed by atoms with Crippen LogP contribution in [0.1, 0.15) is 49.7 Å². The van der Waals surface area contributed by atoms with Gasteiger partial charge in [0.2, 0.25) is 5.91 Å². The number of anilines is 1. The number of rotatable bonds is 1. The van der Waals surface area contributed by atoms with Gasteiger partial charge in [-0.3, -0.25) is 4.79 Å². The third-order valence-corrected chi connectivity index (χ3v) is 7.13. The van der Waals surface area contributed by atoms with E-state index < -0.39 is 0 Å². The minimum absolute atomic E-state index is 0.329. The maximum absolute atomic E-state index is 13.5. The Kier molecular flexibility index (Phi) is 3.11. The molecule has 0 radical (unpaired) electrons. The molecule has 1 amide bonds. The Labute approximate surface area is 139 Å². The van der Waals surface area contributed by atoms with Crippen molar-refractivity contribution < 1.29 is 4.79 Å². The van der Waals surface area contributed by atoms with E-state index in [1.54, 1.807) is 0 Å². The van der Waals surface area contributed by atoms with Crippen molar-refractivity contribution in [1.82, 2.24) is 0 Å². The lowest BCUT2D eigenvalue weighted by molar-refractivity contribution is -0.135. The highest BCUT2D eigenvalue weighted by atomic mass is 16.2. The molecule has 4 saturated carbocycles. The normalized spacial score (nSPS) is 37.8. The van der Waals surface area contributed by atoms with Gasteiger partial charge < -0.3 is 4.90 Å². The molecule has 1 aromatic rings. The Morgan fingerprint density at radius 1 is 1.04 bits per heavy atom. The van der Waals surface area contributed by atoms with E-state index in [4.69, 9.17) is 0 Å². The van der Waals surface area contributed by atoms with Crippen molar-refractivity contribution in [3.8, 4) is 0 Å². The second kappa shape index (κ2) is 5.09. The number of amides is 1. The Morgan fingerprint density at radius 3 is 2.43 bits per heavy atom. The molecular formula is C21H27NO. The standard InChI is InChI=1S/C21H27NO/c1-13-4-5-19-16(7-13)3-2-6-22(19)21(23)20-17-9-14-8-15(11-17)12-18(20)10-14/h4-5,7,14-15,17-18,20H,2-3,6,8-12H2,1H3. The van der Waals surface area contributed by atoms with Crippen LogP contribution in [0.4, 0.5) is 5.69 Å². The molecule has 23 heavy (non-hydrogen) atoms. The lowest BCUT2D eigenvalue weighted by atomic mass is 9.51. The largest absolute Gasteiger partial charge is 0.312 e. The van der Waals surface area contributed by atoms with Crippen LogP contribution in [0.5, 0.6) is 0 Å². The number of benzene rings is 1. The van der Waals surface area contributed by atoms with E-state index in [9.17, 15) is 4.79 Å². The van der Waals surface area contributed by atoms with Crippen molar-refractivity contribution in [2.45, 2.75) is 51.9 Å². The number of fused-ring (bicyclic) bond motifs is 1. The van der Waals surface area contributed by atoms with Gasteiger partial charge in [-0.15, -0.1) is 0 Å². The fraction of sp³-hybridized carbons (Fsp3) is 0.667. The first-order valence-electron chi connectivity index (χ1n) is 9.60. The maximum Gasteiger partial charge on any atom is 0.230 e. The fourth-order valence-corrected chi connectivity index (χ4v) is 6.46. The zero-order chi connectivity index (χ0) is 15.6. The highest BCUT2D eigenvalue weighted by Crippen LogP contribution is 2.57. The summed E-state index contributed by atoms with van der Waals surface area (Å²) in [6.45, 7) is 3.08. The Hall–Kier alpha value is -1.31. The molecule has 0 unspecified atom stereocenters. The first-order chi connectivity index (χ1) is 11.2. The van der Waals surface area contributed by atoms with Gasteiger partial charge in [-0.05, 0) is 87.2 Å². The van der Waals surface area contributed by atoms with Gasteiger partial charge in [0.15, 0.2) is 0 Å². The lowest BCUT2D eigenvalue weighted by Crippen LogP contribution is -2.52. The maximum atomic E-state index is 13.5. The van der Waals surface area contributed by atoms with Gasteiger partial charge in [0, 0.05) is 18.2 Å². The molecule has 6 rings (SSSR count). The van der Waals surface area contributed by atoms with E-state index in [-0.39, 0.29) is 0 Å². The first-order valence-corrected chi connectivity index (χ1v) is 9.60. The molecule has 1 aliphatic heterocycles. The topological polar surface area (TPSA) is 20.3 Å². The van der Waals surface area contributed by atoms with Crippen molar-refractivity contribution in [3.63, 3.8) is 0 Å². The number of carbonyl (C=O) groups is 1. The summed E-state index contributed by atoms with van der Waals surface area (Å²) in [5, 5.41) is 0. The second-order valence-corrected chi connectivity index (χ2v) is 8.68. The van der Waals surface area contributed by atoms with Crippen LogP contribution in [0.3, 0.4) is 0 Å². The van der Waals surface area contributed by atoms with Gasteiger partial charge in [-0.1, -0.05) is 17.7 Å². The number of aryl methyl sites for hydroxylation is 2. The minimum atomic E-state index is 0.329. The SMILES string of the molecule is Cc1ccc2c(c1)CCCN2C(=O)C1C2CC3CC(C2)CC1C3. The third kappa shape index (κ3) is 2.17. The summed E-state index contributed by atoms with van der Waals surface area (Å²) in [4.78, 5) is 15.6. The van der Waals surface area contributed by atoms with Crippen LogP contribution in [0.25, 0.3) is 0 Å². The summed E-state index contributed by atoms with van der Waals surface area (Å²) in [6, 6.07) is 6.64. The molecular weight excluding hydrogens is 282 g/mol. The Bertz CT molecular complexity index is 621. The van der Waals surface area contributed by atoms with Gasteiger partial charge in [-0.2, -0.15) is 0 Å². The van der Waals surface area contributed by atoms with Crippen molar-refractivity contribution in [3.05, 3.63) is 29.3 Å². The fourth-order valence-electron chi connectivity index (χ4n) is 6.46. The molecule has 1 aromatic carbocycles. The van der Waals surface area contributed by atoms with Gasteiger partial charge in [-0.25, -0.2) is 0 Å². The number of carbonyl (C=O) groups excluding carboxylic acids is 1. The molecule has 122 valence electrons. The highest BCUT2D eigenvalue weighted by Gasteiger charge is 2.51. The molecule has 4 bridgehead atoms. The van der Waals surface area contributed by atoms with Gasteiger partial charge >= 0.3 is 0 Å². The summed E-state index contributed by atoms with van der Waals surface area (Å²) < 4.78 is 0. The van der Waals surface area contributed by atoms with Crippen LogP contribution in [0.15, 0.2) is 18.2 Å². The predicted molar refractivity (Wildman–Crippen MR) is 92.4 cm³/mol. The van der Waals surface area contributed by atoms with Crippen LogP contribution in [-0.4, -0.2) is 12.5 Å². The summed E-state index contributed by atoms with van der Waals surface area (Å²) in [6.07, 6.45) is 9.03. The molecule has 0 N–H and O–H groups in total. The van der Waals surface area contributed by atoms with E-state index in [1.165, 1.54) is 48.9 Å². The van der Waals surface area contributed by atoms with Gasteiger partial charge in [0.05, 0.1) is 0 Å². The number of hydrogen-bond acceptors (Lipinski definition) is 1. The summed E-state index contributed by atoms with van der Waals surface area (Å²) in [7, 11) is 0. The number of hydrogen-bond donors (Lipinski definition) is 0. The van der Waals surface area contributed by atoms with E-state index in [0.29, 0.717) is 23.7 Å². The Morgan fingerprint density at radius 2 is 1.74 bits per heavy atom. The van der Waals surface area contributed by atoms with Crippen molar-refractivity contribution in [2.75, 3.05) is 11.4 Å². The van der Waals surface area contributed by atoms with E-state index in [2.05, 4.69) is 30.0 Å². The van der Waals surface area contributed by atoms with E-state index >= 15 is 0 Å². The van der Waals surface area contributed by atoms with Crippen LogP contribution < -0.4 is 4.90 Å². The predicted octanol–water partition coefficient (Wildman–Crippen LogP) is 4.35. The smallest absolute Gasteiger partial charge is 0.230 e. The Balaban J connectivity index is 1.46. The summed E-state index contributed by atoms with van der Waals surface area (Å²) in [5.41, 5.74) is 3.90. The molecule has 0 saturated heterocycles. The average molecular weight is 309 g/mol. The molecule has 1 heterocycles. The summed E-state index contributed by atoms with van der Waals surface area (Å²) in [5.74, 6) is 4.05. The molecule has 0 spiro atoms. The number of nitrogens with zero attached hydrogens (tertiary/aromatic N) is 1. The molecule has 4 fully saturated rings. The van der Waals surface area contributed by atoms with Crippen LogP contribution in [-0.2, 0) is 11.2 Å². The molecule has 0 aromatic heterocycles. The van der Waals surface area contributed by atoms with Crippen LogP contribution in [0.2, 0.25) is 0 Å². The highest BCUT2D eigenvalue weighted by molar-refractivity contribution is 5.96. The molecule has 2 nitrogen and oxygen atoms in total. The molecule has 4 aliphatic carbocycles. The molecule has 2 heteroatoms. The third-order valence-electron chi connectivity index (χ3n) is 7.13. The zero-order valence-corrected chi connectivity index (χ0v) is 14.1. The monoisotopic (exact) mass is 309 g/mol. The summed E-state index contributed by atoms with van der Waals surface area (Å²) >= 11 is 0. The van der Waals surface area contributed by atoms with Crippen LogP contribution in [0, 0.1) is 36.5 Å². The van der Waals surface area contributed by atoms with E-state index in [0.717, 1.165) is 31.2 Å². The molecule has 0 atom stereocenters. The van der Waals surface area contributed by atoms with Crippen molar-refractivity contribution in [1.29, 1.82) is 0 Å². The first kappa shape index (κ1) is 14.1. The lowest BCUT2D eigenvalue weighted by Gasteiger charge is -2.54. The van der Waals surface area contributed by atoms with Crippen molar-refractivity contribution in [2.24, 2.45) is 29.6 Å². The zero-order valence-electron chi connectivity index (χ0n) is 14.1. The van der Waals surface area contributed by atoms with Crippen LogP contribution >= 0.6 is 0 Å². The minimum Gasteiger partial charge on any atom is -0.312 e.